The number of pyridine rings is 1. The second-order valence-corrected chi connectivity index (χ2v) is 12.3. The molecule has 5 rings (SSSR count). The molecule has 3 heterocycles. The lowest BCUT2D eigenvalue weighted by molar-refractivity contribution is -0.157. The fraction of sp³-hybridized carbons (Fsp3) is 0.424. The summed E-state index contributed by atoms with van der Waals surface area (Å²) in [4.78, 5) is 33.5. The summed E-state index contributed by atoms with van der Waals surface area (Å²) in [5.41, 5.74) is 2.49. The lowest BCUT2D eigenvalue weighted by atomic mass is 9.98. The number of amides is 1. The summed E-state index contributed by atoms with van der Waals surface area (Å²) in [5, 5.41) is 0.659. The molecule has 2 aliphatic heterocycles. The number of ether oxygens (including phenoxy) is 4. The molecule has 10 heteroatoms. The Morgan fingerprint density at radius 1 is 1.05 bits per heavy atom. The molecule has 0 N–H and O–H groups in total. The molecule has 0 unspecified atom stereocenters. The molecule has 1 aromatic heterocycles. The van der Waals surface area contributed by atoms with Gasteiger partial charge in [-0.05, 0) is 88.1 Å². The topological polar surface area (TPSA) is 90.4 Å². The normalized spacial score (nSPS) is 17.9. The number of piperidine rings is 1. The lowest BCUT2D eigenvalue weighted by Gasteiger charge is -2.38. The molecule has 43 heavy (non-hydrogen) atoms. The average molecular weight is 608 g/mol. The van der Waals surface area contributed by atoms with Crippen LogP contribution in [0, 0.1) is 6.92 Å². The highest BCUT2D eigenvalue weighted by atomic mass is 35.5. The predicted octanol–water partition coefficient (Wildman–Crippen LogP) is 6.71. The number of hydrogen-bond donors (Lipinski definition) is 0. The van der Waals surface area contributed by atoms with E-state index in [1.165, 1.54) is 0 Å². The molecular formula is C33H38ClN3O6. The van der Waals surface area contributed by atoms with Gasteiger partial charge in [0, 0.05) is 42.5 Å². The maximum atomic E-state index is 12.6. The Morgan fingerprint density at radius 2 is 1.77 bits per heavy atom. The molecule has 1 amide bonds. The first kappa shape index (κ1) is 30.6. The molecule has 0 bridgehead atoms. The van der Waals surface area contributed by atoms with Gasteiger partial charge in [-0.3, -0.25) is 9.80 Å². The van der Waals surface area contributed by atoms with Crippen LogP contribution in [0.25, 0.3) is 0 Å². The minimum atomic E-state index is -0.552. The van der Waals surface area contributed by atoms with Crippen LogP contribution < -0.4 is 9.47 Å². The minimum absolute atomic E-state index is 0.109. The first-order valence-electron chi connectivity index (χ1n) is 14.6. The van der Waals surface area contributed by atoms with E-state index < -0.39 is 11.6 Å². The average Bonchev–Trinajstić information content (AvgIpc) is 3.35. The van der Waals surface area contributed by atoms with E-state index in [9.17, 15) is 9.59 Å². The van der Waals surface area contributed by atoms with Crippen molar-refractivity contribution in [1.29, 1.82) is 0 Å². The summed E-state index contributed by atoms with van der Waals surface area (Å²) in [6, 6.07) is 18.6. The van der Waals surface area contributed by atoms with Crippen molar-refractivity contribution in [3.05, 3.63) is 82.5 Å². The van der Waals surface area contributed by atoms with E-state index in [-0.39, 0.29) is 24.8 Å². The van der Waals surface area contributed by atoms with Crippen LogP contribution in [0.3, 0.4) is 0 Å². The largest absolute Gasteiger partial charge is 0.482 e. The van der Waals surface area contributed by atoms with E-state index in [1.807, 2.05) is 62.9 Å². The van der Waals surface area contributed by atoms with Crippen molar-refractivity contribution in [2.24, 2.45) is 0 Å². The zero-order valence-electron chi connectivity index (χ0n) is 25.0. The summed E-state index contributed by atoms with van der Waals surface area (Å²) in [6.07, 6.45) is 1.50. The molecule has 2 fully saturated rings. The van der Waals surface area contributed by atoms with Gasteiger partial charge in [-0.15, -0.1) is 0 Å². The van der Waals surface area contributed by atoms with Gasteiger partial charge in [-0.2, -0.15) is 0 Å². The summed E-state index contributed by atoms with van der Waals surface area (Å²) in [7, 11) is 0. The zero-order valence-corrected chi connectivity index (χ0v) is 25.8. The van der Waals surface area contributed by atoms with Crippen LogP contribution in [0.5, 0.6) is 17.4 Å². The van der Waals surface area contributed by atoms with Crippen molar-refractivity contribution in [2.45, 2.75) is 64.8 Å². The molecule has 0 saturated carbocycles. The zero-order chi connectivity index (χ0) is 30.6. The Balaban J connectivity index is 1.11. The highest BCUT2D eigenvalue weighted by Crippen LogP contribution is 2.34. The highest BCUT2D eigenvalue weighted by molar-refractivity contribution is 6.30. The standard InChI is InChI=1S/C33H38ClN3O6/c1-22-24(8-13-30(35-22)42-28-11-9-27(10-12-28)40-21-31(38)43-33(2,3)4)19-36-16-14-26(15-17-36)37-29(20-41-32(37)39)23-6-5-7-25(34)18-23/h5-13,18,26,29H,14-17,19-21H2,1-4H3/t29-/m0/s1. The summed E-state index contributed by atoms with van der Waals surface area (Å²) in [6.45, 7) is 10.1. The summed E-state index contributed by atoms with van der Waals surface area (Å²) >= 11 is 6.21. The first-order chi connectivity index (χ1) is 20.5. The Kier molecular flexibility index (Phi) is 9.42. The molecule has 0 aliphatic carbocycles. The van der Waals surface area contributed by atoms with E-state index in [4.69, 9.17) is 30.5 Å². The van der Waals surface area contributed by atoms with Crippen molar-refractivity contribution >= 4 is 23.7 Å². The van der Waals surface area contributed by atoms with Crippen molar-refractivity contribution < 1.29 is 28.5 Å². The molecule has 2 saturated heterocycles. The third kappa shape index (κ3) is 8.18. The quantitative estimate of drug-likeness (QED) is 0.248. The van der Waals surface area contributed by atoms with E-state index in [0.717, 1.165) is 49.3 Å². The van der Waals surface area contributed by atoms with Gasteiger partial charge in [0.15, 0.2) is 6.61 Å². The Hall–Kier alpha value is -3.82. The molecule has 0 spiro atoms. The van der Waals surface area contributed by atoms with Crippen molar-refractivity contribution in [3.63, 3.8) is 0 Å². The molecule has 2 aliphatic rings. The van der Waals surface area contributed by atoms with Crippen molar-refractivity contribution in [1.82, 2.24) is 14.8 Å². The van der Waals surface area contributed by atoms with Crippen molar-refractivity contribution in [3.8, 4) is 17.4 Å². The number of benzene rings is 2. The van der Waals surface area contributed by atoms with Crippen LogP contribution in [-0.2, 0) is 20.8 Å². The Labute approximate surface area is 257 Å². The number of aromatic nitrogens is 1. The van der Waals surface area contributed by atoms with E-state index in [0.29, 0.717) is 29.0 Å². The summed E-state index contributed by atoms with van der Waals surface area (Å²) in [5.74, 6) is 1.24. The van der Waals surface area contributed by atoms with Gasteiger partial charge in [-0.25, -0.2) is 14.6 Å². The Bertz CT molecular complexity index is 1430. The molecule has 9 nitrogen and oxygen atoms in total. The fourth-order valence-electron chi connectivity index (χ4n) is 5.43. The van der Waals surface area contributed by atoms with E-state index in [2.05, 4.69) is 16.0 Å². The highest BCUT2D eigenvalue weighted by Gasteiger charge is 2.40. The number of halogens is 1. The van der Waals surface area contributed by atoms with Gasteiger partial charge in [0.1, 0.15) is 23.7 Å². The maximum Gasteiger partial charge on any atom is 0.410 e. The number of esters is 1. The van der Waals surface area contributed by atoms with Gasteiger partial charge >= 0.3 is 12.1 Å². The molecule has 0 radical (unpaired) electrons. The van der Waals surface area contributed by atoms with Crippen molar-refractivity contribution in [2.75, 3.05) is 26.3 Å². The van der Waals surface area contributed by atoms with Crippen LogP contribution >= 0.6 is 11.6 Å². The van der Waals surface area contributed by atoms with Gasteiger partial charge in [-0.1, -0.05) is 29.8 Å². The van der Waals surface area contributed by atoms with Gasteiger partial charge < -0.3 is 18.9 Å². The fourth-order valence-corrected chi connectivity index (χ4v) is 5.63. The van der Waals surface area contributed by atoms with E-state index >= 15 is 0 Å². The van der Waals surface area contributed by atoms with Crippen LogP contribution in [0.4, 0.5) is 4.79 Å². The number of carbonyl (C=O) groups excluding carboxylic acids is 2. The second kappa shape index (κ2) is 13.2. The molecule has 228 valence electrons. The Morgan fingerprint density at radius 3 is 2.44 bits per heavy atom. The first-order valence-corrected chi connectivity index (χ1v) is 14.9. The van der Waals surface area contributed by atoms with Gasteiger partial charge in [0.25, 0.3) is 0 Å². The van der Waals surface area contributed by atoms with Gasteiger partial charge in [0.2, 0.25) is 5.88 Å². The SMILES string of the molecule is Cc1nc(Oc2ccc(OCC(=O)OC(C)(C)C)cc2)ccc1CN1CCC(N2C(=O)OC[C@H]2c2cccc(Cl)c2)CC1. The molecule has 3 aromatic rings. The monoisotopic (exact) mass is 607 g/mol. The maximum absolute atomic E-state index is 12.6. The lowest BCUT2D eigenvalue weighted by Crippen LogP contribution is -2.46. The van der Waals surface area contributed by atoms with E-state index in [1.54, 1.807) is 24.3 Å². The number of aryl methyl sites for hydroxylation is 1. The number of rotatable bonds is 9. The third-order valence-electron chi connectivity index (χ3n) is 7.48. The molecule has 1 atom stereocenters. The second-order valence-electron chi connectivity index (χ2n) is 11.9. The smallest absolute Gasteiger partial charge is 0.410 e. The number of carbonyl (C=O) groups is 2. The number of likely N-dealkylation sites (tertiary alicyclic amines) is 1. The summed E-state index contributed by atoms with van der Waals surface area (Å²) < 4.78 is 22.2. The predicted molar refractivity (Wildman–Crippen MR) is 163 cm³/mol. The van der Waals surface area contributed by atoms with Crippen LogP contribution in [0.1, 0.15) is 56.5 Å². The molecule has 2 aromatic carbocycles. The third-order valence-corrected chi connectivity index (χ3v) is 7.72. The number of cyclic esters (lactones) is 1. The van der Waals surface area contributed by atoms with Gasteiger partial charge in [0.05, 0.1) is 6.04 Å². The minimum Gasteiger partial charge on any atom is -0.482 e. The van der Waals surface area contributed by atoms with Crippen LogP contribution in [0.2, 0.25) is 5.02 Å². The van der Waals surface area contributed by atoms with Crippen LogP contribution in [-0.4, -0.2) is 64.8 Å². The van der Waals surface area contributed by atoms with Crippen LogP contribution in [0.15, 0.2) is 60.7 Å². The number of nitrogens with zero attached hydrogens (tertiary/aromatic N) is 3. The number of hydrogen-bond acceptors (Lipinski definition) is 8. The molecular weight excluding hydrogens is 570 g/mol.